The zero-order valence-electron chi connectivity index (χ0n) is 16.0. The van der Waals surface area contributed by atoms with Crippen LogP contribution in [-0.4, -0.2) is 40.7 Å². The number of nitrogens with zero attached hydrogens (tertiary/aromatic N) is 1. The maximum atomic E-state index is 14.0. The molecule has 0 aromatic heterocycles. The van der Waals surface area contributed by atoms with Gasteiger partial charge >= 0.3 is 0 Å². The first kappa shape index (κ1) is 19.4. The monoisotopic (exact) mass is 371 g/mol. The number of amides is 1. The van der Waals surface area contributed by atoms with Crippen LogP contribution >= 0.6 is 0 Å². The van der Waals surface area contributed by atoms with Gasteiger partial charge in [-0.25, -0.2) is 4.39 Å². The minimum atomic E-state index is -0.547. The normalized spacial score (nSPS) is 18.3. The highest BCUT2D eigenvalue weighted by Gasteiger charge is 2.36. The Labute approximate surface area is 159 Å². The molecule has 1 amide bonds. The van der Waals surface area contributed by atoms with E-state index in [1.54, 1.807) is 23.1 Å². The van der Waals surface area contributed by atoms with Crippen LogP contribution in [0.1, 0.15) is 42.3 Å². The van der Waals surface area contributed by atoms with Crippen molar-refractivity contribution in [1.82, 2.24) is 4.90 Å². The topological polar surface area (TPSA) is 49.8 Å². The smallest absolute Gasteiger partial charge is 0.254 e. The first-order valence-corrected chi connectivity index (χ1v) is 9.30. The molecule has 5 heteroatoms. The molecule has 1 atom stereocenters. The molecule has 1 aliphatic heterocycles. The Balaban J connectivity index is 1.80. The van der Waals surface area contributed by atoms with Gasteiger partial charge in [0, 0.05) is 31.0 Å². The molecule has 0 saturated heterocycles. The zero-order chi connectivity index (χ0) is 19.6. The van der Waals surface area contributed by atoms with Crippen molar-refractivity contribution in [2.45, 2.75) is 45.3 Å². The lowest BCUT2D eigenvalue weighted by molar-refractivity contribution is 0.0665. The number of halogens is 1. The first-order valence-electron chi connectivity index (χ1n) is 9.30. The second-order valence-electron chi connectivity index (χ2n) is 7.64. The fourth-order valence-electron chi connectivity index (χ4n) is 3.67. The summed E-state index contributed by atoms with van der Waals surface area (Å²) in [6, 6.07) is 12.2. The average Bonchev–Trinajstić information content (AvgIpc) is 2.95. The van der Waals surface area contributed by atoms with Crippen LogP contribution < -0.4 is 4.74 Å². The Bertz CT molecular complexity index is 836. The summed E-state index contributed by atoms with van der Waals surface area (Å²) < 4.78 is 20.1. The fraction of sp³-hybridized carbons (Fsp3) is 0.409. The van der Waals surface area contributed by atoms with E-state index >= 15 is 0 Å². The average molecular weight is 371 g/mol. The third-order valence-electron chi connectivity index (χ3n) is 4.98. The van der Waals surface area contributed by atoms with Gasteiger partial charge in [0.05, 0.1) is 6.61 Å². The summed E-state index contributed by atoms with van der Waals surface area (Å²) in [5.74, 6) is 0.402. The highest BCUT2D eigenvalue weighted by molar-refractivity contribution is 5.95. The predicted octanol–water partition coefficient (Wildman–Crippen LogP) is 3.60. The number of hydrogen-bond donors (Lipinski definition) is 1. The number of hydrogen-bond acceptors (Lipinski definition) is 3. The van der Waals surface area contributed by atoms with E-state index in [1.165, 1.54) is 6.07 Å². The molecule has 1 aliphatic rings. The Kier molecular flexibility index (Phi) is 5.51. The number of benzene rings is 2. The molecule has 0 spiro atoms. The summed E-state index contributed by atoms with van der Waals surface area (Å²) in [7, 11) is 0. The van der Waals surface area contributed by atoms with E-state index in [0.29, 0.717) is 30.5 Å². The molecule has 0 bridgehead atoms. The number of aliphatic hydroxyl groups is 1. The molecule has 3 rings (SSSR count). The Hall–Kier alpha value is -2.40. The van der Waals surface area contributed by atoms with Crippen molar-refractivity contribution >= 4 is 5.91 Å². The van der Waals surface area contributed by atoms with Crippen molar-refractivity contribution in [3.8, 4) is 5.75 Å². The van der Waals surface area contributed by atoms with Gasteiger partial charge in [-0.3, -0.25) is 4.79 Å². The van der Waals surface area contributed by atoms with E-state index in [4.69, 9.17) is 4.74 Å². The minimum Gasteiger partial charge on any atom is -0.487 e. The summed E-state index contributed by atoms with van der Waals surface area (Å²) in [4.78, 5) is 14.4. The Morgan fingerprint density at radius 2 is 2.04 bits per heavy atom. The summed E-state index contributed by atoms with van der Waals surface area (Å²) in [5.41, 5.74) is 1.61. The van der Waals surface area contributed by atoms with Crippen LogP contribution in [0.4, 0.5) is 4.39 Å². The summed E-state index contributed by atoms with van der Waals surface area (Å²) in [5, 5.41) is 9.22. The molecular weight excluding hydrogens is 345 g/mol. The second-order valence-corrected chi connectivity index (χ2v) is 7.64. The van der Waals surface area contributed by atoms with Gasteiger partial charge in [0.25, 0.3) is 5.91 Å². The highest BCUT2D eigenvalue weighted by Crippen LogP contribution is 2.38. The number of fused-ring (bicyclic) bond motifs is 1. The van der Waals surface area contributed by atoms with Gasteiger partial charge < -0.3 is 14.7 Å². The molecular formula is C22H26FNO3. The predicted molar refractivity (Wildman–Crippen MR) is 103 cm³/mol. The molecule has 0 radical (unpaired) electrons. The van der Waals surface area contributed by atoms with Crippen LogP contribution in [0.3, 0.4) is 0 Å². The molecule has 1 N–H and O–H groups in total. The Morgan fingerprint density at radius 3 is 2.70 bits per heavy atom. The van der Waals surface area contributed by atoms with Crippen molar-refractivity contribution in [1.29, 1.82) is 0 Å². The lowest BCUT2D eigenvalue weighted by Crippen LogP contribution is -2.39. The summed E-state index contributed by atoms with van der Waals surface area (Å²) in [6.45, 7) is 6.05. The zero-order valence-corrected chi connectivity index (χ0v) is 16.0. The van der Waals surface area contributed by atoms with E-state index in [-0.39, 0.29) is 24.4 Å². The Morgan fingerprint density at radius 1 is 1.30 bits per heavy atom. The number of carbonyl (C=O) groups is 1. The first-order chi connectivity index (χ1) is 12.8. The van der Waals surface area contributed by atoms with Crippen LogP contribution in [-0.2, 0) is 12.8 Å². The van der Waals surface area contributed by atoms with Crippen LogP contribution in [0.15, 0.2) is 42.5 Å². The molecule has 0 saturated carbocycles. The molecule has 144 valence electrons. The number of ether oxygens (including phenoxy) is 1. The number of carbonyl (C=O) groups excluding carboxylic acids is 1. The minimum absolute atomic E-state index is 0.000441. The fourth-order valence-corrected chi connectivity index (χ4v) is 3.67. The van der Waals surface area contributed by atoms with Crippen molar-refractivity contribution in [2.75, 3.05) is 13.2 Å². The number of aliphatic hydroxyl groups excluding tert-OH is 1. The van der Waals surface area contributed by atoms with Gasteiger partial charge in [-0.05, 0) is 56.2 Å². The van der Waals surface area contributed by atoms with E-state index < -0.39 is 5.60 Å². The van der Waals surface area contributed by atoms with Crippen molar-refractivity contribution in [3.63, 3.8) is 0 Å². The SMILES string of the molecule is CC(C)N(CCO)C(=O)c1ccc2c(c1)C[C@@](C)(Cc1ccccc1F)O2. The van der Waals surface area contributed by atoms with Gasteiger partial charge in [0.2, 0.25) is 0 Å². The van der Waals surface area contributed by atoms with Crippen LogP contribution in [0.2, 0.25) is 0 Å². The van der Waals surface area contributed by atoms with E-state index in [1.807, 2.05) is 39.0 Å². The molecule has 0 unspecified atom stereocenters. The maximum Gasteiger partial charge on any atom is 0.254 e. The van der Waals surface area contributed by atoms with Crippen LogP contribution in [0.25, 0.3) is 0 Å². The lowest BCUT2D eigenvalue weighted by atomic mass is 9.91. The summed E-state index contributed by atoms with van der Waals surface area (Å²) >= 11 is 0. The molecule has 1 heterocycles. The highest BCUT2D eigenvalue weighted by atomic mass is 19.1. The standard InChI is InChI=1S/C22H26FNO3/c1-15(2)24(10-11-25)21(26)16-8-9-20-18(12-16)14-22(3,27-20)13-17-6-4-5-7-19(17)23/h4-9,12,15,25H,10-11,13-14H2,1-3H3/t22-/m1/s1. The van der Waals surface area contributed by atoms with E-state index in [9.17, 15) is 14.3 Å². The van der Waals surface area contributed by atoms with Gasteiger partial charge in [-0.15, -0.1) is 0 Å². The third kappa shape index (κ3) is 4.14. The van der Waals surface area contributed by atoms with Crippen LogP contribution in [0.5, 0.6) is 5.75 Å². The van der Waals surface area contributed by atoms with Crippen molar-refractivity contribution < 1.29 is 19.0 Å². The van der Waals surface area contributed by atoms with Crippen molar-refractivity contribution in [2.24, 2.45) is 0 Å². The molecule has 27 heavy (non-hydrogen) atoms. The van der Waals surface area contributed by atoms with Gasteiger partial charge in [0.15, 0.2) is 0 Å². The molecule has 2 aromatic rings. The quantitative estimate of drug-likeness (QED) is 0.844. The second kappa shape index (κ2) is 7.69. The largest absolute Gasteiger partial charge is 0.487 e. The third-order valence-corrected chi connectivity index (χ3v) is 4.98. The van der Waals surface area contributed by atoms with Crippen LogP contribution in [0, 0.1) is 5.82 Å². The lowest BCUT2D eigenvalue weighted by Gasteiger charge is -2.26. The number of rotatable bonds is 6. The van der Waals surface area contributed by atoms with Gasteiger partial charge in [-0.1, -0.05) is 18.2 Å². The summed E-state index contributed by atoms with van der Waals surface area (Å²) in [6.07, 6.45) is 1.07. The van der Waals surface area contributed by atoms with Gasteiger partial charge in [0.1, 0.15) is 17.2 Å². The van der Waals surface area contributed by atoms with E-state index in [2.05, 4.69) is 0 Å². The molecule has 2 aromatic carbocycles. The molecule has 0 fully saturated rings. The van der Waals surface area contributed by atoms with Crippen molar-refractivity contribution in [3.05, 3.63) is 65.0 Å². The molecule has 4 nitrogen and oxygen atoms in total. The van der Waals surface area contributed by atoms with E-state index in [0.717, 1.165) is 11.3 Å². The maximum absolute atomic E-state index is 14.0. The molecule has 0 aliphatic carbocycles. The van der Waals surface area contributed by atoms with Gasteiger partial charge in [-0.2, -0.15) is 0 Å².